The monoisotopic (exact) mass is 363 g/mol. The molecule has 7 heteroatoms. The van der Waals surface area contributed by atoms with Gasteiger partial charge >= 0.3 is 5.97 Å². The van der Waals surface area contributed by atoms with Crippen LogP contribution < -0.4 is 4.72 Å². The maximum atomic E-state index is 12.2. The molecule has 112 valence electrons. The van der Waals surface area contributed by atoms with Gasteiger partial charge in [0, 0.05) is 11.0 Å². The van der Waals surface area contributed by atoms with E-state index in [1.807, 2.05) is 6.92 Å². The fourth-order valence-electron chi connectivity index (χ4n) is 1.72. The molecule has 1 aromatic rings. The molecule has 0 saturated carbocycles. The van der Waals surface area contributed by atoms with Crippen LogP contribution in [0, 0.1) is 6.92 Å². The van der Waals surface area contributed by atoms with Gasteiger partial charge in [-0.1, -0.05) is 19.8 Å². The van der Waals surface area contributed by atoms with Gasteiger partial charge < -0.3 is 5.11 Å². The number of aromatic carboxylic acids is 1. The summed E-state index contributed by atoms with van der Waals surface area (Å²) >= 11 is 3.21. The van der Waals surface area contributed by atoms with Gasteiger partial charge in [0.25, 0.3) is 0 Å². The molecule has 0 atom stereocenters. The van der Waals surface area contributed by atoms with Crippen LogP contribution in [-0.4, -0.2) is 26.0 Å². The SMILES string of the molecule is CCCCCNS(=O)(=O)c1cc(C(=O)O)cc(C)c1Br. The number of carboxylic acids is 1. The van der Waals surface area contributed by atoms with Crippen molar-refractivity contribution in [2.24, 2.45) is 0 Å². The number of aryl methyl sites for hydroxylation is 1. The van der Waals surface area contributed by atoms with E-state index in [2.05, 4.69) is 20.7 Å². The van der Waals surface area contributed by atoms with E-state index >= 15 is 0 Å². The lowest BCUT2D eigenvalue weighted by molar-refractivity contribution is 0.0696. The molecule has 1 aromatic carbocycles. The second kappa shape index (κ2) is 7.19. The third kappa shape index (κ3) is 4.29. The molecule has 0 spiro atoms. The Hall–Kier alpha value is -0.920. The number of carboxylic acid groups (broad SMARTS) is 1. The van der Waals surface area contributed by atoms with E-state index in [-0.39, 0.29) is 10.5 Å². The van der Waals surface area contributed by atoms with Crippen molar-refractivity contribution in [1.29, 1.82) is 0 Å². The zero-order chi connectivity index (χ0) is 15.3. The molecular weight excluding hydrogens is 346 g/mol. The number of sulfonamides is 1. The fourth-order valence-corrected chi connectivity index (χ4v) is 3.83. The minimum Gasteiger partial charge on any atom is -0.478 e. The van der Waals surface area contributed by atoms with Crippen LogP contribution in [0.3, 0.4) is 0 Å². The number of hydrogen-bond donors (Lipinski definition) is 2. The van der Waals surface area contributed by atoms with Gasteiger partial charge in [-0.25, -0.2) is 17.9 Å². The number of rotatable bonds is 7. The predicted octanol–water partition coefficient (Wildman–Crippen LogP) is 2.92. The van der Waals surface area contributed by atoms with Gasteiger partial charge in [0.15, 0.2) is 0 Å². The summed E-state index contributed by atoms with van der Waals surface area (Å²) in [5.74, 6) is -1.15. The molecule has 0 amide bonds. The molecule has 0 radical (unpaired) electrons. The van der Waals surface area contributed by atoms with E-state index < -0.39 is 16.0 Å². The van der Waals surface area contributed by atoms with Crippen LogP contribution in [0.4, 0.5) is 0 Å². The van der Waals surface area contributed by atoms with E-state index in [9.17, 15) is 13.2 Å². The second-order valence-electron chi connectivity index (χ2n) is 4.52. The highest BCUT2D eigenvalue weighted by atomic mass is 79.9. The molecule has 20 heavy (non-hydrogen) atoms. The van der Waals surface area contributed by atoms with Crippen LogP contribution in [0.25, 0.3) is 0 Å². The Labute approximate surface area is 127 Å². The third-order valence-electron chi connectivity index (χ3n) is 2.83. The van der Waals surface area contributed by atoms with E-state index in [1.165, 1.54) is 12.1 Å². The molecule has 0 saturated heterocycles. The van der Waals surface area contributed by atoms with Gasteiger partial charge in [-0.3, -0.25) is 0 Å². The minimum atomic E-state index is -3.71. The molecule has 2 N–H and O–H groups in total. The minimum absolute atomic E-state index is 0.0357. The quantitative estimate of drug-likeness (QED) is 0.729. The molecule has 0 aliphatic heterocycles. The van der Waals surface area contributed by atoms with Crippen LogP contribution in [0.15, 0.2) is 21.5 Å². The maximum Gasteiger partial charge on any atom is 0.335 e. The second-order valence-corrected chi connectivity index (χ2v) is 7.04. The lowest BCUT2D eigenvalue weighted by atomic mass is 10.1. The number of unbranched alkanes of at least 4 members (excludes halogenated alkanes) is 2. The summed E-state index contributed by atoms with van der Waals surface area (Å²) in [7, 11) is -3.71. The van der Waals surface area contributed by atoms with Gasteiger partial charge in [-0.15, -0.1) is 0 Å². The Morgan fingerprint density at radius 2 is 2.00 bits per heavy atom. The standard InChI is InChI=1S/C13H18BrNO4S/c1-3-4-5-6-15-20(18,19)11-8-10(13(16)17)7-9(2)12(11)14/h7-8,15H,3-6H2,1-2H3,(H,16,17). The molecule has 0 aliphatic carbocycles. The van der Waals surface area contributed by atoms with Gasteiger partial charge in [-0.2, -0.15) is 0 Å². The average molecular weight is 364 g/mol. The van der Waals surface area contributed by atoms with Gasteiger partial charge in [0.05, 0.1) is 10.5 Å². The zero-order valence-corrected chi connectivity index (χ0v) is 13.8. The molecule has 5 nitrogen and oxygen atoms in total. The van der Waals surface area contributed by atoms with E-state index in [0.29, 0.717) is 16.6 Å². The van der Waals surface area contributed by atoms with Crippen LogP contribution in [0.2, 0.25) is 0 Å². The summed E-state index contributed by atoms with van der Waals surface area (Å²) in [6, 6.07) is 2.60. The Morgan fingerprint density at radius 1 is 1.35 bits per heavy atom. The topological polar surface area (TPSA) is 83.5 Å². The summed E-state index contributed by atoms with van der Waals surface area (Å²) in [5.41, 5.74) is 0.526. The molecule has 0 heterocycles. The Bertz CT molecular complexity index is 599. The highest BCUT2D eigenvalue weighted by molar-refractivity contribution is 9.10. The number of nitrogens with one attached hydrogen (secondary N) is 1. The first-order valence-electron chi connectivity index (χ1n) is 6.32. The highest BCUT2D eigenvalue weighted by Crippen LogP contribution is 2.27. The first kappa shape index (κ1) is 17.1. The summed E-state index contributed by atoms with van der Waals surface area (Å²) in [4.78, 5) is 11.0. The van der Waals surface area contributed by atoms with Crippen molar-refractivity contribution < 1.29 is 18.3 Å². The molecule has 0 aliphatic rings. The van der Waals surface area contributed by atoms with Gasteiger partial charge in [-0.05, 0) is 47.0 Å². The Morgan fingerprint density at radius 3 is 2.55 bits per heavy atom. The summed E-state index contributed by atoms with van der Waals surface area (Å²) in [6.07, 6.45) is 2.70. The van der Waals surface area contributed by atoms with Crippen molar-refractivity contribution in [3.8, 4) is 0 Å². The number of halogens is 1. The third-order valence-corrected chi connectivity index (χ3v) is 5.63. The molecule has 0 bridgehead atoms. The normalized spacial score (nSPS) is 11.6. The number of carbonyl (C=O) groups is 1. The van der Waals surface area contributed by atoms with Crippen molar-refractivity contribution in [2.75, 3.05) is 6.54 Å². The molecule has 0 fully saturated rings. The predicted molar refractivity (Wildman–Crippen MR) is 80.6 cm³/mol. The lowest BCUT2D eigenvalue weighted by Gasteiger charge is -2.11. The largest absolute Gasteiger partial charge is 0.478 e. The molecule has 0 unspecified atom stereocenters. The van der Waals surface area contributed by atoms with Gasteiger partial charge in [0.1, 0.15) is 0 Å². The Kier molecular flexibility index (Phi) is 6.16. The van der Waals surface area contributed by atoms with E-state index in [4.69, 9.17) is 5.11 Å². The average Bonchev–Trinajstić information content (AvgIpc) is 2.37. The smallest absolute Gasteiger partial charge is 0.335 e. The summed E-state index contributed by atoms with van der Waals surface area (Å²) in [5, 5.41) is 9.01. The number of benzene rings is 1. The van der Waals surface area contributed by atoms with Crippen molar-refractivity contribution in [1.82, 2.24) is 4.72 Å². The van der Waals surface area contributed by atoms with Crippen molar-refractivity contribution in [2.45, 2.75) is 38.0 Å². The number of hydrogen-bond acceptors (Lipinski definition) is 3. The van der Waals surface area contributed by atoms with E-state index in [0.717, 1.165) is 19.3 Å². The summed E-state index contributed by atoms with van der Waals surface area (Å²) in [6.45, 7) is 4.04. The zero-order valence-electron chi connectivity index (χ0n) is 11.4. The lowest BCUT2D eigenvalue weighted by Crippen LogP contribution is -2.25. The van der Waals surface area contributed by atoms with Crippen LogP contribution >= 0.6 is 15.9 Å². The summed E-state index contributed by atoms with van der Waals surface area (Å²) < 4.78 is 27.3. The fraction of sp³-hybridized carbons (Fsp3) is 0.462. The van der Waals surface area contributed by atoms with E-state index in [1.54, 1.807) is 6.92 Å². The van der Waals surface area contributed by atoms with Crippen LogP contribution in [0.1, 0.15) is 42.1 Å². The first-order valence-corrected chi connectivity index (χ1v) is 8.60. The van der Waals surface area contributed by atoms with Gasteiger partial charge in [0.2, 0.25) is 10.0 Å². The van der Waals surface area contributed by atoms with Crippen molar-refractivity contribution in [3.05, 3.63) is 27.7 Å². The molecular formula is C13H18BrNO4S. The Balaban J connectivity index is 3.07. The van der Waals surface area contributed by atoms with Crippen molar-refractivity contribution in [3.63, 3.8) is 0 Å². The first-order chi connectivity index (χ1) is 9.29. The molecule has 0 aromatic heterocycles. The van der Waals surface area contributed by atoms with Crippen molar-refractivity contribution >= 4 is 31.9 Å². The van der Waals surface area contributed by atoms with Crippen LogP contribution in [0.5, 0.6) is 0 Å². The molecule has 1 rings (SSSR count). The highest BCUT2D eigenvalue weighted by Gasteiger charge is 2.21. The van der Waals surface area contributed by atoms with Crippen LogP contribution in [-0.2, 0) is 10.0 Å². The maximum absolute atomic E-state index is 12.2.